The number of hydrogen-bond donors (Lipinski definition) is 1. The number of benzene rings is 1. The molecule has 3 nitrogen and oxygen atoms in total. The molecule has 1 aromatic heterocycles. The van der Waals surface area contributed by atoms with Gasteiger partial charge in [-0.1, -0.05) is 12.1 Å². The minimum absolute atomic E-state index is 0.146. The molecule has 112 valence electrons. The Labute approximate surface area is 120 Å². The first-order chi connectivity index (χ1) is 9.77. The highest BCUT2D eigenvalue weighted by Crippen LogP contribution is 2.31. The third-order valence-corrected chi connectivity index (χ3v) is 3.18. The van der Waals surface area contributed by atoms with E-state index in [-0.39, 0.29) is 11.6 Å². The molecule has 0 fully saturated rings. The SMILES string of the molecule is CC(Nc1ccc(=O)n(C)c1)c1cccc(C(F)(F)F)c1. The van der Waals surface area contributed by atoms with Crippen LogP contribution in [0.3, 0.4) is 0 Å². The van der Waals surface area contributed by atoms with Gasteiger partial charge in [0.25, 0.3) is 0 Å². The van der Waals surface area contributed by atoms with Crippen molar-refractivity contribution in [2.75, 3.05) is 5.32 Å². The van der Waals surface area contributed by atoms with Gasteiger partial charge < -0.3 is 9.88 Å². The lowest BCUT2D eigenvalue weighted by Gasteiger charge is -2.17. The first-order valence-electron chi connectivity index (χ1n) is 6.38. The number of nitrogens with zero attached hydrogens (tertiary/aromatic N) is 1. The van der Waals surface area contributed by atoms with E-state index in [0.717, 1.165) is 12.1 Å². The van der Waals surface area contributed by atoms with E-state index in [1.807, 2.05) is 0 Å². The number of pyridine rings is 1. The molecule has 0 amide bonds. The first kappa shape index (κ1) is 15.2. The molecule has 1 N–H and O–H groups in total. The predicted molar refractivity (Wildman–Crippen MR) is 75.2 cm³/mol. The molecular formula is C15H15F3N2O. The van der Waals surface area contributed by atoms with E-state index in [2.05, 4.69) is 5.32 Å². The fourth-order valence-corrected chi connectivity index (χ4v) is 2.00. The van der Waals surface area contributed by atoms with Crippen LogP contribution in [-0.4, -0.2) is 4.57 Å². The van der Waals surface area contributed by atoms with Crippen LogP contribution in [-0.2, 0) is 13.2 Å². The lowest BCUT2D eigenvalue weighted by Crippen LogP contribution is -2.16. The molecular weight excluding hydrogens is 281 g/mol. The standard InChI is InChI=1S/C15H15F3N2O/c1-10(19-13-6-7-14(21)20(2)9-13)11-4-3-5-12(8-11)15(16,17)18/h3-10,19H,1-2H3. The molecule has 6 heteroatoms. The molecule has 1 atom stereocenters. The van der Waals surface area contributed by atoms with Gasteiger partial charge in [0.15, 0.2) is 0 Å². The topological polar surface area (TPSA) is 34.0 Å². The zero-order valence-corrected chi connectivity index (χ0v) is 11.6. The number of halogens is 3. The number of nitrogens with one attached hydrogen (secondary N) is 1. The van der Waals surface area contributed by atoms with Gasteiger partial charge >= 0.3 is 6.18 Å². The van der Waals surface area contributed by atoms with Crippen molar-refractivity contribution in [1.29, 1.82) is 0 Å². The molecule has 0 bridgehead atoms. The second-order valence-electron chi connectivity index (χ2n) is 4.86. The molecule has 0 saturated carbocycles. The van der Waals surface area contributed by atoms with Crippen LogP contribution in [0.25, 0.3) is 0 Å². The fourth-order valence-electron chi connectivity index (χ4n) is 2.00. The maximum absolute atomic E-state index is 12.7. The van der Waals surface area contributed by atoms with Gasteiger partial charge in [-0.3, -0.25) is 4.79 Å². The van der Waals surface area contributed by atoms with E-state index in [4.69, 9.17) is 0 Å². The summed E-state index contributed by atoms with van der Waals surface area (Å²) in [5, 5.41) is 3.08. The van der Waals surface area contributed by atoms with Crippen molar-refractivity contribution in [3.8, 4) is 0 Å². The smallest absolute Gasteiger partial charge is 0.377 e. The van der Waals surface area contributed by atoms with Crippen molar-refractivity contribution in [2.45, 2.75) is 19.1 Å². The number of anilines is 1. The van der Waals surface area contributed by atoms with E-state index in [1.165, 1.54) is 16.7 Å². The zero-order valence-electron chi connectivity index (χ0n) is 11.6. The van der Waals surface area contributed by atoms with Gasteiger partial charge in [0.05, 0.1) is 11.3 Å². The molecule has 1 unspecified atom stereocenters. The summed E-state index contributed by atoms with van der Waals surface area (Å²) in [6.45, 7) is 1.76. The summed E-state index contributed by atoms with van der Waals surface area (Å²) in [5.74, 6) is 0. The summed E-state index contributed by atoms with van der Waals surface area (Å²) in [6.07, 6.45) is -2.75. The van der Waals surface area contributed by atoms with Crippen molar-refractivity contribution in [3.05, 3.63) is 64.1 Å². The first-order valence-corrected chi connectivity index (χ1v) is 6.38. The van der Waals surface area contributed by atoms with E-state index < -0.39 is 11.7 Å². The molecule has 0 aliphatic carbocycles. The number of aromatic nitrogens is 1. The van der Waals surface area contributed by atoms with Crippen molar-refractivity contribution in [2.24, 2.45) is 7.05 Å². The zero-order chi connectivity index (χ0) is 15.6. The summed E-state index contributed by atoms with van der Waals surface area (Å²) < 4.78 is 39.5. The van der Waals surface area contributed by atoms with E-state index in [0.29, 0.717) is 11.3 Å². The second kappa shape index (κ2) is 5.63. The van der Waals surface area contributed by atoms with E-state index in [1.54, 1.807) is 32.3 Å². The maximum atomic E-state index is 12.7. The second-order valence-corrected chi connectivity index (χ2v) is 4.86. The highest BCUT2D eigenvalue weighted by Gasteiger charge is 2.30. The van der Waals surface area contributed by atoms with Gasteiger partial charge in [-0.25, -0.2) is 0 Å². The van der Waals surface area contributed by atoms with Gasteiger partial charge in [0.2, 0.25) is 5.56 Å². The summed E-state index contributed by atoms with van der Waals surface area (Å²) in [4.78, 5) is 11.3. The van der Waals surface area contributed by atoms with Crippen LogP contribution in [0.2, 0.25) is 0 Å². The third kappa shape index (κ3) is 3.65. The van der Waals surface area contributed by atoms with Crippen LogP contribution in [0.1, 0.15) is 24.1 Å². The van der Waals surface area contributed by atoms with E-state index >= 15 is 0 Å². The molecule has 2 aromatic rings. The summed E-state index contributed by atoms with van der Waals surface area (Å²) in [7, 11) is 1.61. The summed E-state index contributed by atoms with van der Waals surface area (Å²) in [6, 6.07) is 7.88. The monoisotopic (exact) mass is 296 g/mol. The van der Waals surface area contributed by atoms with E-state index in [9.17, 15) is 18.0 Å². The highest BCUT2D eigenvalue weighted by molar-refractivity contribution is 5.43. The van der Waals surface area contributed by atoms with Crippen LogP contribution >= 0.6 is 0 Å². The number of hydrogen-bond acceptors (Lipinski definition) is 2. The predicted octanol–water partition coefficient (Wildman–Crippen LogP) is 3.58. The highest BCUT2D eigenvalue weighted by atomic mass is 19.4. The van der Waals surface area contributed by atoms with Gasteiger partial charge in [0, 0.05) is 25.4 Å². The Balaban J connectivity index is 2.22. The largest absolute Gasteiger partial charge is 0.416 e. The van der Waals surface area contributed by atoms with Gasteiger partial charge in [-0.05, 0) is 30.7 Å². The Hall–Kier alpha value is -2.24. The average Bonchev–Trinajstić information content (AvgIpc) is 2.42. The molecule has 1 heterocycles. The quantitative estimate of drug-likeness (QED) is 0.939. The third-order valence-electron chi connectivity index (χ3n) is 3.18. The Morgan fingerprint density at radius 1 is 1.19 bits per heavy atom. The van der Waals surface area contributed by atoms with Crippen LogP contribution < -0.4 is 10.9 Å². The number of aryl methyl sites for hydroxylation is 1. The molecule has 0 aliphatic rings. The summed E-state index contributed by atoms with van der Waals surface area (Å²) >= 11 is 0. The van der Waals surface area contributed by atoms with Crippen LogP contribution in [0.15, 0.2) is 47.4 Å². The van der Waals surface area contributed by atoms with Crippen molar-refractivity contribution in [1.82, 2.24) is 4.57 Å². The molecule has 21 heavy (non-hydrogen) atoms. The molecule has 1 aromatic carbocycles. The van der Waals surface area contributed by atoms with Gasteiger partial charge in [-0.15, -0.1) is 0 Å². The minimum atomic E-state index is -4.35. The normalized spacial score (nSPS) is 13.0. The van der Waals surface area contributed by atoms with Crippen molar-refractivity contribution < 1.29 is 13.2 Å². The molecule has 2 rings (SSSR count). The fraction of sp³-hybridized carbons (Fsp3) is 0.267. The molecule has 0 spiro atoms. The summed E-state index contributed by atoms with van der Waals surface area (Å²) in [5.41, 5.74) is 0.377. The minimum Gasteiger partial charge on any atom is -0.377 e. The lowest BCUT2D eigenvalue weighted by atomic mass is 10.0. The van der Waals surface area contributed by atoms with Crippen LogP contribution in [0.4, 0.5) is 18.9 Å². The Morgan fingerprint density at radius 2 is 1.90 bits per heavy atom. The van der Waals surface area contributed by atoms with Crippen molar-refractivity contribution >= 4 is 5.69 Å². The Kier molecular flexibility index (Phi) is 4.06. The van der Waals surface area contributed by atoms with Crippen LogP contribution in [0.5, 0.6) is 0 Å². The van der Waals surface area contributed by atoms with Gasteiger partial charge in [-0.2, -0.15) is 13.2 Å². The lowest BCUT2D eigenvalue weighted by molar-refractivity contribution is -0.137. The Morgan fingerprint density at radius 3 is 2.52 bits per heavy atom. The number of rotatable bonds is 3. The maximum Gasteiger partial charge on any atom is 0.416 e. The molecule has 0 aliphatic heterocycles. The van der Waals surface area contributed by atoms with Crippen molar-refractivity contribution in [3.63, 3.8) is 0 Å². The van der Waals surface area contributed by atoms with Gasteiger partial charge in [0.1, 0.15) is 0 Å². The number of alkyl halides is 3. The Bertz CT molecular complexity index is 692. The molecule has 0 saturated heterocycles. The molecule has 0 radical (unpaired) electrons. The average molecular weight is 296 g/mol. The van der Waals surface area contributed by atoms with Crippen LogP contribution in [0, 0.1) is 0 Å².